The Morgan fingerprint density at radius 3 is 2.15 bits per heavy atom. The Morgan fingerprint density at radius 2 is 1.62 bits per heavy atom. The molecule has 2 heterocycles. The normalized spacial score (nSPS) is 42.5. The van der Waals surface area contributed by atoms with E-state index in [0.29, 0.717) is 12.2 Å². The van der Waals surface area contributed by atoms with Gasteiger partial charge in [0.25, 0.3) is 5.97 Å². The first-order chi connectivity index (χ1) is 6.38. The monoisotopic (exact) mass is 184 g/mol. The molecule has 0 aromatic heterocycles. The standard InChI is InChI=1S/C10H16O3/c1-2-5-9-8(4-1)12-10(13-9)6-3-7-11-10/h8-9H,1-7H2/t8-,9-/m1/s1. The second kappa shape index (κ2) is 2.94. The number of hydrogen-bond donors (Lipinski definition) is 0. The molecule has 1 spiro atoms. The summed E-state index contributed by atoms with van der Waals surface area (Å²) in [6.45, 7) is 0.791. The summed E-state index contributed by atoms with van der Waals surface area (Å²) in [5.41, 5.74) is 0. The fraction of sp³-hybridized carbons (Fsp3) is 1.00. The Bertz CT molecular complexity index is 182. The first kappa shape index (κ1) is 8.21. The van der Waals surface area contributed by atoms with Gasteiger partial charge in [-0.3, -0.25) is 0 Å². The molecule has 2 saturated heterocycles. The van der Waals surface area contributed by atoms with Crippen LogP contribution in [0.25, 0.3) is 0 Å². The van der Waals surface area contributed by atoms with E-state index in [1.807, 2.05) is 0 Å². The van der Waals surface area contributed by atoms with E-state index in [2.05, 4.69) is 0 Å². The van der Waals surface area contributed by atoms with Crippen molar-refractivity contribution < 1.29 is 14.2 Å². The Morgan fingerprint density at radius 1 is 0.923 bits per heavy atom. The predicted molar refractivity (Wildman–Crippen MR) is 46.1 cm³/mol. The van der Waals surface area contributed by atoms with Crippen LogP contribution in [0.2, 0.25) is 0 Å². The van der Waals surface area contributed by atoms with Gasteiger partial charge in [0, 0.05) is 6.42 Å². The van der Waals surface area contributed by atoms with Gasteiger partial charge < -0.3 is 14.2 Å². The molecule has 0 radical (unpaired) electrons. The minimum atomic E-state index is -0.625. The van der Waals surface area contributed by atoms with Gasteiger partial charge in [-0.05, 0) is 19.3 Å². The summed E-state index contributed by atoms with van der Waals surface area (Å²) in [6, 6.07) is 0. The van der Waals surface area contributed by atoms with Crippen LogP contribution in [0.5, 0.6) is 0 Å². The van der Waals surface area contributed by atoms with Gasteiger partial charge in [-0.15, -0.1) is 0 Å². The molecule has 13 heavy (non-hydrogen) atoms. The molecule has 3 nitrogen and oxygen atoms in total. The third-order valence-corrected chi connectivity index (χ3v) is 3.25. The molecule has 0 N–H and O–H groups in total. The minimum absolute atomic E-state index is 0.312. The van der Waals surface area contributed by atoms with E-state index in [-0.39, 0.29) is 0 Å². The summed E-state index contributed by atoms with van der Waals surface area (Å²) < 4.78 is 17.3. The maximum absolute atomic E-state index is 5.87. The highest BCUT2D eigenvalue weighted by Crippen LogP contribution is 2.42. The van der Waals surface area contributed by atoms with Gasteiger partial charge >= 0.3 is 0 Å². The van der Waals surface area contributed by atoms with Crippen molar-refractivity contribution in [3.05, 3.63) is 0 Å². The SMILES string of the molecule is C1CC[C@H]2OC3(CCCO3)O[C@@H]2C1. The van der Waals surface area contributed by atoms with Crippen molar-refractivity contribution in [3.8, 4) is 0 Å². The average molecular weight is 184 g/mol. The molecule has 1 saturated carbocycles. The number of rotatable bonds is 0. The van der Waals surface area contributed by atoms with E-state index in [0.717, 1.165) is 32.3 Å². The lowest BCUT2D eigenvalue weighted by molar-refractivity contribution is -0.318. The Labute approximate surface area is 78.3 Å². The van der Waals surface area contributed by atoms with Crippen LogP contribution in [-0.4, -0.2) is 24.8 Å². The summed E-state index contributed by atoms with van der Waals surface area (Å²) >= 11 is 0. The highest BCUT2D eigenvalue weighted by molar-refractivity contribution is 4.86. The zero-order valence-electron chi connectivity index (χ0n) is 7.83. The molecule has 2 atom stereocenters. The van der Waals surface area contributed by atoms with Crippen molar-refractivity contribution in [1.29, 1.82) is 0 Å². The first-order valence-corrected chi connectivity index (χ1v) is 5.38. The number of fused-ring (bicyclic) bond motifs is 1. The van der Waals surface area contributed by atoms with Crippen molar-refractivity contribution in [1.82, 2.24) is 0 Å². The Hall–Kier alpha value is -0.120. The molecule has 0 aromatic carbocycles. The summed E-state index contributed by atoms with van der Waals surface area (Å²) in [7, 11) is 0. The molecular weight excluding hydrogens is 168 g/mol. The number of ether oxygens (including phenoxy) is 3. The smallest absolute Gasteiger partial charge is 0.283 e. The third kappa shape index (κ3) is 1.30. The summed E-state index contributed by atoms with van der Waals surface area (Å²) in [6.07, 6.45) is 7.46. The van der Waals surface area contributed by atoms with Crippen LogP contribution in [0, 0.1) is 0 Å². The van der Waals surface area contributed by atoms with Gasteiger partial charge in [-0.25, -0.2) is 0 Å². The largest absolute Gasteiger partial charge is 0.327 e. The zero-order chi connectivity index (χ0) is 8.73. The molecular formula is C10H16O3. The highest BCUT2D eigenvalue weighted by atomic mass is 16.9. The molecule has 1 aliphatic carbocycles. The zero-order valence-corrected chi connectivity index (χ0v) is 7.83. The summed E-state index contributed by atoms with van der Waals surface area (Å²) in [5, 5.41) is 0. The van der Waals surface area contributed by atoms with Crippen LogP contribution in [-0.2, 0) is 14.2 Å². The van der Waals surface area contributed by atoms with Crippen LogP contribution < -0.4 is 0 Å². The minimum Gasteiger partial charge on any atom is -0.327 e. The van der Waals surface area contributed by atoms with Crippen molar-refractivity contribution in [2.45, 2.75) is 56.7 Å². The second-order valence-electron chi connectivity index (χ2n) is 4.23. The van der Waals surface area contributed by atoms with Crippen molar-refractivity contribution in [3.63, 3.8) is 0 Å². The van der Waals surface area contributed by atoms with E-state index < -0.39 is 5.97 Å². The van der Waals surface area contributed by atoms with Crippen LogP contribution >= 0.6 is 0 Å². The lowest BCUT2D eigenvalue weighted by Gasteiger charge is -2.20. The highest BCUT2D eigenvalue weighted by Gasteiger charge is 2.51. The van der Waals surface area contributed by atoms with Crippen molar-refractivity contribution in [2.75, 3.05) is 6.61 Å². The molecule has 0 unspecified atom stereocenters. The topological polar surface area (TPSA) is 27.7 Å². The second-order valence-corrected chi connectivity index (χ2v) is 4.23. The van der Waals surface area contributed by atoms with Crippen molar-refractivity contribution in [2.24, 2.45) is 0 Å². The summed E-state index contributed by atoms with van der Waals surface area (Å²) in [5.74, 6) is -0.625. The quantitative estimate of drug-likeness (QED) is 0.574. The molecule has 3 rings (SSSR count). The first-order valence-electron chi connectivity index (χ1n) is 5.38. The third-order valence-electron chi connectivity index (χ3n) is 3.25. The van der Waals surface area contributed by atoms with E-state index in [1.165, 1.54) is 12.8 Å². The molecule has 0 aromatic rings. The molecule has 3 heteroatoms. The lowest BCUT2D eigenvalue weighted by Crippen LogP contribution is -2.29. The molecule has 0 bridgehead atoms. The van der Waals surface area contributed by atoms with E-state index in [4.69, 9.17) is 14.2 Å². The molecule has 0 amide bonds. The van der Waals surface area contributed by atoms with Gasteiger partial charge in [0.1, 0.15) is 0 Å². The lowest BCUT2D eigenvalue weighted by atomic mass is 9.95. The van der Waals surface area contributed by atoms with Crippen LogP contribution in [0.15, 0.2) is 0 Å². The summed E-state index contributed by atoms with van der Waals surface area (Å²) in [4.78, 5) is 0. The van der Waals surface area contributed by atoms with Crippen LogP contribution in [0.4, 0.5) is 0 Å². The van der Waals surface area contributed by atoms with Crippen molar-refractivity contribution >= 4 is 0 Å². The fourth-order valence-electron chi connectivity index (χ4n) is 2.60. The number of hydrogen-bond acceptors (Lipinski definition) is 3. The average Bonchev–Trinajstić information content (AvgIpc) is 2.72. The van der Waals surface area contributed by atoms with E-state index in [1.54, 1.807) is 0 Å². The Balaban J connectivity index is 1.74. The molecule has 3 fully saturated rings. The van der Waals surface area contributed by atoms with Gasteiger partial charge in [0.15, 0.2) is 0 Å². The van der Waals surface area contributed by atoms with Gasteiger partial charge in [0.2, 0.25) is 0 Å². The van der Waals surface area contributed by atoms with E-state index >= 15 is 0 Å². The van der Waals surface area contributed by atoms with Gasteiger partial charge in [-0.2, -0.15) is 0 Å². The molecule has 74 valence electrons. The molecule has 3 aliphatic rings. The Kier molecular flexibility index (Phi) is 1.86. The van der Waals surface area contributed by atoms with Gasteiger partial charge in [-0.1, -0.05) is 12.8 Å². The fourth-order valence-corrected chi connectivity index (χ4v) is 2.60. The van der Waals surface area contributed by atoms with Crippen LogP contribution in [0.1, 0.15) is 38.5 Å². The maximum Gasteiger partial charge on any atom is 0.283 e. The van der Waals surface area contributed by atoms with E-state index in [9.17, 15) is 0 Å². The molecule has 2 aliphatic heterocycles. The van der Waals surface area contributed by atoms with Crippen LogP contribution in [0.3, 0.4) is 0 Å². The van der Waals surface area contributed by atoms with Gasteiger partial charge in [0.05, 0.1) is 18.8 Å². The predicted octanol–water partition coefficient (Wildman–Crippen LogP) is 1.81. The maximum atomic E-state index is 5.87.